The minimum atomic E-state index is -0.674. The van der Waals surface area contributed by atoms with Gasteiger partial charge < -0.3 is 9.84 Å². The van der Waals surface area contributed by atoms with Gasteiger partial charge in [-0.1, -0.05) is 6.58 Å². The Morgan fingerprint density at radius 1 is 1.42 bits per heavy atom. The Kier molecular flexibility index (Phi) is 3.14. The molecule has 0 aromatic rings. The van der Waals surface area contributed by atoms with Crippen LogP contribution in [0.1, 0.15) is 25.7 Å². The van der Waals surface area contributed by atoms with E-state index in [4.69, 9.17) is 9.84 Å². The van der Waals surface area contributed by atoms with Crippen molar-refractivity contribution in [1.82, 2.24) is 0 Å². The van der Waals surface area contributed by atoms with E-state index in [1.54, 1.807) is 0 Å². The lowest BCUT2D eigenvalue weighted by Gasteiger charge is -2.25. The lowest BCUT2D eigenvalue weighted by atomic mass is 9.87. The highest BCUT2D eigenvalue weighted by Crippen LogP contribution is 2.26. The van der Waals surface area contributed by atoms with Crippen molar-refractivity contribution in [3.63, 3.8) is 0 Å². The predicted octanol–water partition coefficient (Wildman–Crippen LogP) is 1.79. The second kappa shape index (κ2) is 4.14. The molecule has 0 spiro atoms. The second-order valence-electron chi connectivity index (χ2n) is 3.11. The molecule has 0 saturated heterocycles. The molecule has 12 heavy (non-hydrogen) atoms. The summed E-state index contributed by atoms with van der Waals surface area (Å²) >= 11 is 0. The first-order valence-corrected chi connectivity index (χ1v) is 4.23. The van der Waals surface area contributed by atoms with Crippen molar-refractivity contribution >= 4 is 5.97 Å². The third-order valence-corrected chi connectivity index (χ3v) is 2.31. The monoisotopic (exact) mass is 170 g/mol. The van der Waals surface area contributed by atoms with Crippen LogP contribution in [0.4, 0.5) is 0 Å². The Morgan fingerprint density at radius 2 is 2.00 bits per heavy atom. The smallest absolute Gasteiger partial charge is 0.306 e. The van der Waals surface area contributed by atoms with Crippen molar-refractivity contribution in [2.75, 3.05) is 0 Å². The summed E-state index contributed by atoms with van der Waals surface area (Å²) in [6.45, 7) is 3.47. The number of ether oxygens (including phenoxy) is 1. The van der Waals surface area contributed by atoms with Gasteiger partial charge in [-0.2, -0.15) is 0 Å². The standard InChI is InChI=1S/C9H14O3/c1-2-12-8-5-3-7(4-6-8)9(10)11/h2,7-8H,1,3-6H2,(H,10,11). The first kappa shape index (κ1) is 9.10. The third kappa shape index (κ3) is 2.26. The van der Waals surface area contributed by atoms with Gasteiger partial charge in [-0.15, -0.1) is 0 Å². The van der Waals surface area contributed by atoms with E-state index in [1.807, 2.05) is 0 Å². The molecule has 1 rings (SSSR count). The molecule has 3 nitrogen and oxygen atoms in total. The second-order valence-corrected chi connectivity index (χ2v) is 3.11. The van der Waals surface area contributed by atoms with Crippen LogP contribution < -0.4 is 0 Å². The number of carboxylic acids is 1. The van der Waals surface area contributed by atoms with Crippen LogP contribution in [0.25, 0.3) is 0 Å². The molecule has 1 N–H and O–H groups in total. The zero-order chi connectivity index (χ0) is 8.97. The predicted molar refractivity (Wildman–Crippen MR) is 44.7 cm³/mol. The SMILES string of the molecule is C=COC1CCC(C(=O)O)CC1. The first-order chi connectivity index (χ1) is 5.74. The summed E-state index contributed by atoms with van der Waals surface area (Å²) in [6, 6.07) is 0. The van der Waals surface area contributed by atoms with Gasteiger partial charge in [0.1, 0.15) is 0 Å². The van der Waals surface area contributed by atoms with Crippen LogP contribution in [0.5, 0.6) is 0 Å². The molecule has 0 radical (unpaired) electrons. The van der Waals surface area contributed by atoms with E-state index in [0.29, 0.717) is 0 Å². The Labute approximate surface area is 72.0 Å². The quantitative estimate of drug-likeness (QED) is 0.657. The molecule has 1 saturated carbocycles. The highest BCUT2D eigenvalue weighted by molar-refractivity contribution is 5.69. The van der Waals surface area contributed by atoms with E-state index in [0.717, 1.165) is 25.7 Å². The highest BCUT2D eigenvalue weighted by Gasteiger charge is 2.25. The van der Waals surface area contributed by atoms with Crippen molar-refractivity contribution < 1.29 is 14.6 Å². The number of rotatable bonds is 3. The van der Waals surface area contributed by atoms with Gasteiger partial charge in [-0.25, -0.2) is 0 Å². The Hall–Kier alpha value is -0.990. The maximum atomic E-state index is 10.6. The van der Waals surface area contributed by atoms with Gasteiger partial charge in [0.05, 0.1) is 18.3 Å². The molecule has 0 aromatic heterocycles. The van der Waals surface area contributed by atoms with Crippen LogP contribution in [0.3, 0.4) is 0 Å². The topological polar surface area (TPSA) is 46.5 Å². The van der Waals surface area contributed by atoms with Crippen LogP contribution in [0.15, 0.2) is 12.8 Å². The Bertz CT molecular complexity index is 169. The molecule has 0 unspecified atom stereocenters. The largest absolute Gasteiger partial charge is 0.499 e. The normalized spacial score (nSPS) is 29.3. The van der Waals surface area contributed by atoms with Crippen LogP contribution in [-0.4, -0.2) is 17.2 Å². The zero-order valence-corrected chi connectivity index (χ0v) is 7.03. The van der Waals surface area contributed by atoms with Crippen molar-refractivity contribution in [1.29, 1.82) is 0 Å². The minimum absolute atomic E-state index is 0.158. The summed E-state index contributed by atoms with van der Waals surface area (Å²) in [4.78, 5) is 10.6. The Balaban J connectivity index is 2.29. The van der Waals surface area contributed by atoms with Gasteiger partial charge in [0, 0.05) is 0 Å². The van der Waals surface area contributed by atoms with Gasteiger partial charge in [-0.05, 0) is 25.7 Å². The van der Waals surface area contributed by atoms with Gasteiger partial charge in [0.25, 0.3) is 0 Å². The summed E-state index contributed by atoms with van der Waals surface area (Å²) in [5.74, 6) is -0.832. The summed E-state index contributed by atoms with van der Waals surface area (Å²) in [5.41, 5.74) is 0. The molecule has 0 heterocycles. The Morgan fingerprint density at radius 3 is 2.42 bits per heavy atom. The fourth-order valence-corrected chi connectivity index (χ4v) is 1.58. The van der Waals surface area contributed by atoms with Crippen molar-refractivity contribution in [2.24, 2.45) is 5.92 Å². The average Bonchev–Trinajstić information content (AvgIpc) is 2.06. The molecule has 68 valence electrons. The molecule has 1 aliphatic rings. The minimum Gasteiger partial charge on any atom is -0.499 e. The zero-order valence-electron chi connectivity index (χ0n) is 7.03. The summed E-state index contributed by atoms with van der Waals surface area (Å²) in [5, 5.41) is 8.69. The number of carboxylic acid groups (broad SMARTS) is 1. The number of aliphatic carboxylic acids is 1. The summed E-state index contributed by atoms with van der Waals surface area (Å²) in [7, 11) is 0. The molecule has 1 aliphatic carbocycles. The highest BCUT2D eigenvalue weighted by atomic mass is 16.5. The lowest BCUT2D eigenvalue weighted by Crippen LogP contribution is -2.24. The molecule has 0 aromatic carbocycles. The van der Waals surface area contributed by atoms with Gasteiger partial charge >= 0.3 is 5.97 Å². The van der Waals surface area contributed by atoms with Gasteiger partial charge in [0.15, 0.2) is 0 Å². The van der Waals surface area contributed by atoms with E-state index in [9.17, 15) is 4.79 Å². The average molecular weight is 170 g/mol. The van der Waals surface area contributed by atoms with E-state index < -0.39 is 5.97 Å². The summed E-state index contributed by atoms with van der Waals surface area (Å²) in [6.07, 6.45) is 4.76. The molecular weight excluding hydrogens is 156 g/mol. The molecular formula is C9H14O3. The maximum absolute atomic E-state index is 10.6. The van der Waals surface area contributed by atoms with Crippen LogP contribution in [0.2, 0.25) is 0 Å². The molecule has 1 fully saturated rings. The van der Waals surface area contributed by atoms with Crippen LogP contribution >= 0.6 is 0 Å². The summed E-state index contributed by atoms with van der Waals surface area (Å²) < 4.78 is 5.18. The molecule has 0 amide bonds. The van der Waals surface area contributed by atoms with Crippen LogP contribution in [0, 0.1) is 5.92 Å². The third-order valence-electron chi connectivity index (χ3n) is 2.31. The van der Waals surface area contributed by atoms with E-state index in [-0.39, 0.29) is 12.0 Å². The molecule has 3 heteroatoms. The molecule has 0 atom stereocenters. The van der Waals surface area contributed by atoms with E-state index in [1.165, 1.54) is 6.26 Å². The van der Waals surface area contributed by atoms with Crippen LogP contribution in [-0.2, 0) is 9.53 Å². The lowest BCUT2D eigenvalue weighted by molar-refractivity contribution is -0.143. The number of hydrogen-bond acceptors (Lipinski definition) is 2. The van der Waals surface area contributed by atoms with Gasteiger partial charge in [-0.3, -0.25) is 4.79 Å². The fourth-order valence-electron chi connectivity index (χ4n) is 1.58. The molecule has 0 bridgehead atoms. The van der Waals surface area contributed by atoms with Crippen molar-refractivity contribution in [2.45, 2.75) is 31.8 Å². The van der Waals surface area contributed by atoms with Crippen molar-refractivity contribution in [3.8, 4) is 0 Å². The van der Waals surface area contributed by atoms with E-state index in [2.05, 4.69) is 6.58 Å². The first-order valence-electron chi connectivity index (χ1n) is 4.23. The number of hydrogen-bond donors (Lipinski definition) is 1. The fraction of sp³-hybridized carbons (Fsp3) is 0.667. The molecule has 0 aliphatic heterocycles. The number of carbonyl (C=O) groups is 1. The van der Waals surface area contributed by atoms with E-state index >= 15 is 0 Å². The van der Waals surface area contributed by atoms with Crippen molar-refractivity contribution in [3.05, 3.63) is 12.8 Å². The van der Waals surface area contributed by atoms with Gasteiger partial charge in [0.2, 0.25) is 0 Å². The maximum Gasteiger partial charge on any atom is 0.306 e.